The Bertz CT molecular complexity index is 864. The maximum atomic E-state index is 11.3. The molecule has 0 amide bonds. The first kappa shape index (κ1) is 23.9. The van der Waals surface area contributed by atoms with E-state index in [0.717, 1.165) is 20.1 Å². The number of aryl methyl sites for hydroxylation is 2. The molecule has 29 heavy (non-hydrogen) atoms. The van der Waals surface area contributed by atoms with Crippen LogP contribution in [0.3, 0.4) is 0 Å². The van der Waals surface area contributed by atoms with Gasteiger partial charge in [-0.15, -0.1) is 0 Å². The summed E-state index contributed by atoms with van der Waals surface area (Å²) >= 11 is -1.38. The first-order chi connectivity index (χ1) is 13.7. The number of ether oxygens (including phenoxy) is 3. The molecule has 2 rings (SSSR count). The van der Waals surface area contributed by atoms with E-state index < -0.39 is 57.7 Å². The zero-order chi connectivity index (χ0) is 21.4. The second-order valence-corrected chi connectivity index (χ2v) is 12.9. The standard InChI is InChI=1S/C11H11O4.C11H15O2.Ac/c1-7-4-5-10(14-8(2)12)11(6-7)15-9(3)13;1-8-4-5-11(6-9(8)2)13-7-10(3)12;/h4-6H,1H2,2-3H3;4-6,10,12H,3,7H2,1-2H3;. The predicted octanol–water partition coefficient (Wildman–Crippen LogP) is 3.60. The molecule has 0 saturated carbocycles. The van der Waals surface area contributed by atoms with Crippen LogP contribution in [0.25, 0.3) is 0 Å². The van der Waals surface area contributed by atoms with Crippen molar-refractivity contribution in [1.82, 2.24) is 0 Å². The zero-order valence-corrected chi connectivity index (χ0v) is 22.0. The SMILES string of the molecule is CC(=O)Oc1ccc([CH2][Ac][CH2]C(O)COc2ccc(C)c(C)c2)cc1OC(C)=O. The number of rotatable bonds is 9. The number of carbonyl (C=O) groups is 2. The molecule has 0 aliphatic carbocycles. The number of benzene rings is 2. The summed E-state index contributed by atoms with van der Waals surface area (Å²) in [7, 11) is 0. The second kappa shape index (κ2) is 11.7. The van der Waals surface area contributed by atoms with Gasteiger partial charge in [-0.2, -0.15) is 0 Å². The molecular formula is C22H26AcO6. The Morgan fingerprint density at radius 2 is 1.66 bits per heavy atom. The molecule has 0 fully saturated rings. The summed E-state index contributed by atoms with van der Waals surface area (Å²) in [5.74, 6) is 0.304. The van der Waals surface area contributed by atoms with E-state index in [1.807, 2.05) is 31.2 Å². The third kappa shape index (κ3) is 8.46. The zero-order valence-electron chi connectivity index (χ0n) is 17.2. The van der Waals surface area contributed by atoms with E-state index in [1.54, 1.807) is 12.1 Å². The first-order valence-corrected chi connectivity index (χ1v) is 16.1. The summed E-state index contributed by atoms with van der Waals surface area (Å²) in [6.45, 7) is 6.96. The summed E-state index contributed by atoms with van der Waals surface area (Å²) in [6, 6.07) is 11.1. The van der Waals surface area contributed by atoms with Gasteiger partial charge in [-0.05, 0) is 0 Å². The molecular weight excluding hydrogens is 587 g/mol. The monoisotopic (exact) mass is 613 g/mol. The normalized spacial score (nSPS) is 11.3. The topological polar surface area (TPSA) is 82.1 Å². The quantitative estimate of drug-likeness (QED) is 0.344. The number of hydrogen-bond donors (Lipinski definition) is 1. The van der Waals surface area contributed by atoms with Crippen LogP contribution in [-0.2, 0) is 11.2 Å². The Labute approximate surface area is 193 Å². The minimum atomic E-state index is -1.38. The van der Waals surface area contributed by atoms with Crippen molar-refractivity contribution in [2.75, 3.05) is 6.61 Å². The van der Waals surface area contributed by atoms with Crippen molar-refractivity contribution in [2.24, 2.45) is 0 Å². The molecule has 0 heterocycles. The molecule has 2 aromatic rings. The van der Waals surface area contributed by atoms with Gasteiger partial charge in [0.1, 0.15) is 0 Å². The van der Waals surface area contributed by atoms with Gasteiger partial charge in [0.25, 0.3) is 0 Å². The van der Waals surface area contributed by atoms with E-state index in [0.29, 0.717) is 0 Å². The number of esters is 2. The van der Waals surface area contributed by atoms with Crippen LogP contribution >= 0.6 is 0 Å². The predicted molar refractivity (Wildman–Crippen MR) is 105 cm³/mol. The molecule has 0 aliphatic rings. The van der Waals surface area contributed by atoms with Crippen molar-refractivity contribution in [3.8, 4) is 17.2 Å². The molecule has 1 N–H and O–H groups in total. The van der Waals surface area contributed by atoms with Crippen LogP contribution in [0.5, 0.6) is 17.2 Å². The Kier molecular flexibility index (Phi) is 9.61. The van der Waals surface area contributed by atoms with Gasteiger partial charge in [-0.1, -0.05) is 0 Å². The molecule has 6 nitrogen and oxygen atoms in total. The first-order valence-electron chi connectivity index (χ1n) is 9.44. The van der Waals surface area contributed by atoms with Gasteiger partial charge >= 0.3 is 194 Å². The van der Waals surface area contributed by atoms with Gasteiger partial charge < -0.3 is 0 Å². The van der Waals surface area contributed by atoms with Gasteiger partial charge in [0.15, 0.2) is 0 Å². The van der Waals surface area contributed by atoms with Crippen LogP contribution in [0.2, 0.25) is 1.60 Å². The van der Waals surface area contributed by atoms with E-state index >= 15 is 0 Å². The van der Waals surface area contributed by atoms with Crippen molar-refractivity contribution in [3.63, 3.8) is 0 Å². The molecule has 0 bridgehead atoms. The number of hydrogen-bond acceptors (Lipinski definition) is 6. The van der Waals surface area contributed by atoms with Gasteiger partial charge in [-0.25, -0.2) is 0 Å². The number of aliphatic hydroxyl groups excluding tert-OH is 1. The fraction of sp³-hybridized carbons (Fsp3) is 0.364. The summed E-state index contributed by atoms with van der Waals surface area (Å²) in [5, 5.41) is 10.2. The molecule has 1 atom stereocenters. The molecule has 0 saturated heterocycles. The van der Waals surface area contributed by atoms with Crippen molar-refractivity contribution in [2.45, 2.75) is 37.0 Å². The molecule has 153 valence electrons. The average molecular weight is 613 g/mol. The molecule has 0 radical (unpaired) electrons. The van der Waals surface area contributed by atoms with Crippen LogP contribution in [0.15, 0.2) is 36.4 Å². The van der Waals surface area contributed by atoms with Crippen molar-refractivity contribution < 1.29 is 68.6 Å². The summed E-state index contributed by atoms with van der Waals surface area (Å²) < 4.78 is 17.6. The molecule has 0 spiro atoms. The Morgan fingerprint density at radius 1 is 0.966 bits per heavy atom. The summed E-state index contributed by atoms with van der Waals surface area (Å²) in [4.78, 5) is 22.5. The van der Waals surface area contributed by atoms with Crippen LogP contribution in [0.1, 0.15) is 30.5 Å². The number of aliphatic hydroxyl groups is 1. The molecule has 2 aromatic carbocycles. The van der Waals surface area contributed by atoms with Crippen molar-refractivity contribution in [3.05, 3.63) is 53.1 Å². The van der Waals surface area contributed by atoms with E-state index in [9.17, 15) is 14.7 Å². The number of carbonyl (C=O) groups excluding carboxylic acids is 2. The average Bonchev–Trinajstić information content (AvgIpc) is 2.64. The Hall–Kier alpha value is -1.42. The molecule has 7 heteroatoms. The van der Waals surface area contributed by atoms with Crippen LogP contribution in [-0.4, -0.2) is 29.8 Å². The fourth-order valence-electron chi connectivity index (χ4n) is 2.66. The van der Waals surface area contributed by atoms with Gasteiger partial charge in [0.05, 0.1) is 0 Å². The molecule has 1 unspecified atom stereocenters. The van der Waals surface area contributed by atoms with E-state index in [4.69, 9.17) is 14.2 Å². The summed E-state index contributed by atoms with van der Waals surface area (Å²) in [6.07, 6.45) is -0.481. The van der Waals surface area contributed by atoms with Gasteiger partial charge in [-0.3, -0.25) is 0 Å². The second-order valence-electron chi connectivity index (χ2n) is 6.91. The fourth-order valence-corrected chi connectivity index (χ4v) is 7.90. The third-order valence-electron chi connectivity index (χ3n) is 4.26. The van der Waals surface area contributed by atoms with E-state index in [1.165, 1.54) is 19.4 Å². The van der Waals surface area contributed by atoms with Gasteiger partial charge in [0.2, 0.25) is 0 Å². The van der Waals surface area contributed by atoms with Crippen LogP contribution in [0, 0.1) is 53.5 Å². The minimum absolute atomic E-state index is 0.231. The van der Waals surface area contributed by atoms with Crippen LogP contribution in [0.4, 0.5) is 0 Å². The Morgan fingerprint density at radius 3 is 2.31 bits per heavy atom. The third-order valence-corrected chi connectivity index (χ3v) is 11.0. The Balaban J connectivity index is 1.85. The van der Waals surface area contributed by atoms with E-state index in [2.05, 4.69) is 6.92 Å². The molecule has 0 aromatic heterocycles. The summed E-state index contributed by atoms with van der Waals surface area (Å²) in [5.41, 5.74) is 3.39. The van der Waals surface area contributed by atoms with Crippen LogP contribution < -0.4 is 14.2 Å². The van der Waals surface area contributed by atoms with E-state index in [-0.39, 0.29) is 18.1 Å². The maximum absolute atomic E-state index is 11.3. The molecule has 0 aliphatic heterocycles. The van der Waals surface area contributed by atoms with Gasteiger partial charge in [0, 0.05) is 0 Å². The van der Waals surface area contributed by atoms with Crippen molar-refractivity contribution in [1.29, 1.82) is 0 Å². The van der Waals surface area contributed by atoms with Crippen molar-refractivity contribution >= 4 is 11.9 Å².